The minimum atomic E-state index is -4.47. The van der Waals surface area contributed by atoms with Crippen molar-refractivity contribution in [1.82, 2.24) is 9.97 Å². The summed E-state index contributed by atoms with van der Waals surface area (Å²) < 4.78 is 52.1. The number of aromatic nitrogens is 2. The van der Waals surface area contributed by atoms with E-state index in [1.54, 1.807) is 6.07 Å². The number of hydrogen-bond acceptors (Lipinski definition) is 6. The molecule has 2 aromatic carbocycles. The summed E-state index contributed by atoms with van der Waals surface area (Å²) in [4.78, 5) is 9.51. The fourth-order valence-corrected chi connectivity index (χ4v) is 6.07. The van der Waals surface area contributed by atoms with Gasteiger partial charge in [0.25, 0.3) is 0 Å². The van der Waals surface area contributed by atoms with Crippen molar-refractivity contribution in [3.63, 3.8) is 0 Å². The average molecular weight is 525 g/mol. The average Bonchev–Trinajstić information content (AvgIpc) is 3.54. The number of nitrogens with two attached hydrogens (primary N) is 1. The van der Waals surface area contributed by atoms with Crippen LogP contribution < -0.4 is 11.1 Å². The third-order valence-electron chi connectivity index (χ3n) is 7.93. The Balaban J connectivity index is 1.41. The van der Waals surface area contributed by atoms with Crippen LogP contribution in [0, 0.1) is 6.92 Å². The molecule has 6 rings (SSSR count). The van der Waals surface area contributed by atoms with E-state index in [9.17, 15) is 13.2 Å². The van der Waals surface area contributed by atoms with Crippen LogP contribution in [0.3, 0.4) is 0 Å². The minimum Gasteiger partial charge on any atom is -0.399 e. The summed E-state index contributed by atoms with van der Waals surface area (Å²) in [5, 5.41) is 4.26. The Bertz CT molecular complexity index is 1440. The van der Waals surface area contributed by atoms with Crippen LogP contribution in [0.15, 0.2) is 30.3 Å². The van der Waals surface area contributed by atoms with E-state index in [1.807, 2.05) is 13.8 Å². The number of halogens is 3. The summed E-state index contributed by atoms with van der Waals surface area (Å²) in [5.41, 5.74) is 11.6. The Morgan fingerprint density at radius 1 is 1.03 bits per heavy atom. The van der Waals surface area contributed by atoms with Crippen molar-refractivity contribution in [2.24, 2.45) is 0 Å². The number of ether oxygens (including phenoxy) is 2. The topological polar surface area (TPSA) is 82.3 Å². The lowest BCUT2D eigenvalue weighted by Crippen LogP contribution is -2.31. The molecule has 0 saturated carbocycles. The summed E-state index contributed by atoms with van der Waals surface area (Å²) >= 11 is 0. The summed E-state index contributed by atoms with van der Waals surface area (Å²) in [6.45, 7) is 4.93. The van der Waals surface area contributed by atoms with Crippen LogP contribution in [0.5, 0.6) is 0 Å². The molecule has 2 heterocycles. The molecule has 3 aromatic rings. The summed E-state index contributed by atoms with van der Waals surface area (Å²) in [6, 6.07) is 5.37. The van der Waals surface area contributed by atoms with Gasteiger partial charge in [-0.2, -0.15) is 13.2 Å². The van der Waals surface area contributed by atoms with Gasteiger partial charge >= 0.3 is 6.18 Å². The molecule has 0 unspecified atom stereocenters. The second kappa shape index (κ2) is 9.24. The maximum atomic E-state index is 13.4. The largest absolute Gasteiger partial charge is 0.416 e. The lowest BCUT2D eigenvalue weighted by atomic mass is 9.86. The molecule has 2 aliphatic carbocycles. The molecule has 1 aliphatic heterocycles. The SMILES string of the molecule is Cc1nc(N[C@H](C)c2cc(N)cc(C(F)(F)F)c2)c2cc(C3=CCC4(CC3)OCCO4)c3c(c2n1)CCC3. The predicted octanol–water partition coefficient (Wildman–Crippen LogP) is 6.51. The molecule has 3 aliphatic rings. The molecule has 1 atom stereocenters. The third-order valence-corrected chi connectivity index (χ3v) is 7.93. The molecule has 0 radical (unpaired) electrons. The fourth-order valence-electron chi connectivity index (χ4n) is 6.07. The molecule has 1 saturated heterocycles. The molecule has 38 heavy (non-hydrogen) atoms. The number of fused-ring (bicyclic) bond motifs is 3. The lowest BCUT2D eigenvalue weighted by Gasteiger charge is -2.31. The van der Waals surface area contributed by atoms with Crippen molar-refractivity contribution in [2.75, 3.05) is 24.3 Å². The number of alkyl halides is 3. The van der Waals surface area contributed by atoms with E-state index >= 15 is 0 Å². The number of benzene rings is 2. The molecule has 6 nitrogen and oxygen atoms in total. The van der Waals surface area contributed by atoms with Gasteiger partial charge in [0.2, 0.25) is 0 Å². The van der Waals surface area contributed by atoms with Crippen LogP contribution in [0.25, 0.3) is 16.5 Å². The molecular formula is C29H31F3N4O2. The van der Waals surface area contributed by atoms with Crippen LogP contribution in [-0.2, 0) is 28.5 Å². The van der Waals surface area contributed by atoms with Crippen LogP contribution in [0.4, 0.5) is 24.7 Å². The third kappa shape index (κ3) is 4.52. The van der Waals surface area contributed by atoms with Gasteiger partial charge in [-0.3, -0.25) is 0 Å². The normalized spacial score (nSPS) is 19.6. The highest BCUT2D eigenvalue weighted by atomic mass is 19.4. The first-order chi connectivity index (χ1) is 18.1. The molecule has 200 valence electrons. The van der Waals surface area contributed by atoms with Crippen molar-refractivity contribution in [3.05, 3.63) is 64.0 Å². The van der Waals surface area contributed by atoms with Gasteiger partial charge in [0, 0.05) is 23.9 Å². The van der Waals surface area contributed by atoms with Crippen LogP contribution in [-0.4, -0.2) is 29.0 Å². The van der Waals surface area contributed by atoms with Crippen molar-refractivity contribution >= 4 is 28.0 Å². The first-order valence-electron chi connectivity index (χ1n) is 13.2. The zero-order valence-electron chi connectivity index (χ0n) is 21.5. The summed E-state index contributed by atoms with van der Waals surface area (Å²) in [7, 11) is 0. The molecule has 1 spiro atoms. The molecule has 9 heteroatoms. The van der Waals surface area contributed by atoms with Crippen molar-refractivity contribution < 1.29 is 22.6 Å². The van der Waals surface area contributed by atoms with E-state index in [2.05, 4.69) is 17.5 Å². The Morgan fingerprint density at radius 3 is 2.50 bits per heavy atom. The number of aryl methyl sites for hydroxylation is 2. The van der Waals surface area contributed by atoms with E-state index in [1.165, 1.54) is 22.3 Å². The predicted molar refractivity (Wildman–Crippen MR) is 141 cm³/mol. The molecule has 1 fully saturated rings. The first-order valence-corrected chi connectivity index (χ1v) is 13.2. The highest BCUT2D eigenvalue weighted by molar-refractivity contribution is 5.96. The standard InChI is InChI=1S/C29H31F3N4O2/c1-16(19-12-20(29(30,31)32)14-21(33)13-19)34-27-25-15-24(18-6-8-28(9-7-18)37-10-11-38-28)22-4-3-5-23(22)26(25)35-17(2)36-27/h6,12-16H,3-5,7-11,33H2,1-2H3,(H,34,35,36)/t16-/m1/s1. The Hall–Kier alpha value is -3.17. The van der Waals surface area contributed by atoms with Gasteiger partial charge in [0.15, 0.2) is 5.79 Å². The van der Waals surface area contributed by atoms with Gasteiger partial charge in [-0.25, -0.2) is 9.97 Å². The van der Waals surface area contributed by atoms with E-state index in [0.717, 1.165) is 61.6 Å². The Kier molecular flexibility index (Phi) is 6.11. The highest BCUT2D eigenvalue weighted by Gasteiger charge is 2.38. The molecule has 0 bridgehead atoms. The van der Waals surface area contributed by atoms with Gasteiger partial charge in [-0.05, 0) is 91.6 Å². The Morgan fingerprint density at radius 2 is 1.79 bits per heavy atom. The molecule has 3 N–H and O–H groups in total. The van der Waals surface area contributed by atoms with Gasteiger partial charge < -0.3 is 20.5 Å². The van der Waals surface area contributed by atoms with Crippen LogP contribution in [0.1, 0.15) is 72.3 Å². The minimum absolute atomic E-state index is 0.0736. The van der Waals surface area contributed by atoms with Crippen molar-refractivity contribution in [2.45, 2.75) is 70.4 Å². The number of hydrogen-bond donors (Lipinski definition) is 2. The van der Waals surface area contributed by atoms with Crippen molar-refractivity contribution in [3.8, 4) is 0 Å². The Labute approximate surface area is 219 Å². The maximum Gasteiger partial charge on any atom is 0.416 e. The van der Waals surface area contributed by atoms with E-state index in [-0.39, 0.29) is 5.69 Å². The number of nitrogens with zero attached hydrogens (tertiary/aromatic N) is 2. The summed E-state index contributed by atoms with van der Waals surface area (Å²) in [5.74, 6) is 0.743. The summed E-state index contributed by atoms with van der Waals surface area (Å²) in [6.07, 6.45) is 3.17. The van der Waals surface area contributed by atoms with Gasteiger partial charge in [0.1, 0.15) is 11.6 Å². The second-order valence-electron chi connectivity index (χ2n) is 10.5. The molecule has 1 aromatic heterocycles. The lowest BCUT2D eigenvalue weighted by molar-refractivity contribution is -0.159. The van der Waals surface area contributed by atoms with E-state index in [4.69, 9.17) is 25.2 Å². The van der Waals surface area contributed by atoms with Crippen LogP contribution in [0.2, 0.25) is 0 Å². The number of nitrogens with one attached hydrogen (secondary N) is 1. The van der Waals surface area contributed by atoms with E-state index in [0.29, 0.717) is 30.4 Å². The zero-order valence-corrected chi connectivity index (χ0v) is 21.5. The second-order valence-corrected chi connectivity index (χ2v) is 10.5. The van der Waals surface area contributed by atoms with Gasteiger partial charge in [-0.15, -0.1) is 0 Å². The van der Waals surface area contributed by atoms with Crippen molar-refractivity contribution in [1.29, 1.82) is 0 Å². The van der Waals surface area contributed by atoms with Crippen LogP contribution >= 0.6 is 0 Å². The molecular weight excluding hydrogens is 493 g/mol. The number of rotatable bonds is 4. The number of allylic oxidation sites excluding steroid dienone is 1. The van der Waals surface area contributed by atoms with Gasteiger partial charge in [0.05, 0.1) is 30.3 Å². The zero-order chi connectivity index (χ0) is 26.7. The fraction of sp³-hybridized carbons (Fsp3) is 0.448. The van der Waals surface area contributed by atoms with E-state index < -0.39 is 23.6 Å². The first kappa shape index (κ1) is 25.1. The maximum absolute atomic E-state index is 13.4. The monoisotopic (exact) mass is 524 g/mol. The molecule has 0 amide bonds. The smallest absolute Gasteiger partial charge is 0.399 e. The number of anilines is 2. The highest BCUT2D eigenvalue weighted by Crippen LogP contribution is 2.43. The number of nitrogen functional groups attached to an aromatic ring is 1. The quantitative estimate of drug-likeness (QED) is 0.379. The van der Waals surface area contributed by atoms with Gasteiger partial charge in [-0.1, -0.05) is 6.08 Å².